The van der Waals surface area contributed by atoms with Gasteiger partial charge < -0.3 is 14.8 Å². The van der Waals surface area contributed by atoms with E-state index in [1.807, 2.05) is 22.8 Å². The van der Waals surface area contributed by atoms with Crippen LogP contribution in [0.5, 0.6) is 0 Å². The van der Waals surface area contributed by atoms with Gasteiger partial charge in [0.1, 0.15) is 11.1 Å². The fourth-order valence-corrected chi connectivity index (χ4v) is 4.48. The Labute approximate surface area is 170 Å². The monoisotopic (exact) mass is 393 g/mol. The molecule has 1 fully saturated rings. The van der Waals surface area contributed by atoms with Gasteiger partial charge in [0.25, 0.3) is 11.8 Å². The van der Waals surface area contributed by atoms with Gasteiger partial charge in [0.05, 0.1) is 0 Å². The molecule has 1 saturated carbocycles. The van der Waals surface area contributed by atoms with Crippen LogP contribution in [0, 0.1) is 0 Å². The topological polar surface area (TPSA) is 71.4 Å². The molecule has 6 heteroatoms. The summed E-state index contributed by atoms with van der Waals surface area (Å²) in [5.41, 5.74) is 2.01. The summed E-state index contributed by atoms with van der Waals surface area (Å²) in [5.74, 6) is -0.738. The lowest BCUT2D eigenvalue weighted by Gasteiger charge is -2.30. The Morgan fingerprint density at radius 1 is 1.00 bits per heavy atom. The highest BCUT2D eigenvalue weighted by molar-refractivity contribution is 5.99. The molecule has 2 heterocycles. The number of amides is 2. The van der Waals surface area contributed by atoms with Crippen molar-refractivity contribution in [1.82, 2.24) is 14.8 Å². The number of fused-ring (bicyclic) bond motifs is 1. The average molecular weight is 393 g/mol. The molecule has 152 valence electrons. The second-order valence-corrected chi connectivity index (χ2v) is 7.98. The molecule has 1 aromatic carbocycles. The van der Waals surface area contributed by atoms with E-state index in [1.54, 1.807) is 17.3 Å². The molecule has 29 heavy (non-hydrogen) atoms. The molecular weight excluding hydrogens is 366 g/mol. The molecule has 1 N–H and O–H groups in total. The fraction of sp³-hybridized carbons (Fsp3) is 0.435. The normalized spacial score (nSPS) is 16.9. The third-order valence-corrected chi connectivity index (χ3v) is 6.16. The summed E-state index contributed by atoms with van der Waals surface area (Å²) in [4.78, 5) is 40.4. The Morgan fingerprint density at radius 2 is 1.69 bits per heavy atom. The van der Waals surface area contributed by atoms with E-state index in [0.717, 1.165) is 37.7 Å². The van der Waals surface area contributed by atoms with Gasteiger partial charge in [-0.1, -0.05) is 43.5 Å². The number of benzene rings is 1. The van der Waals surface area contributed by atoms with E-state index in [1.165, 1.54) is 19.0 Å². The Bertz CT molecular complexity index is 989. The minimum Gasteiger partial charge on any atom is -0.355 e. The lowest BCUT2D eigenvalue weighted by atomic mass is 9.94. The van der Waals surface area contributed by atoms with Crippen LogP contribution >= 0.6 is 0 Å². The van der Waals surface area contributed by atoms with Crippen LogP contribution in [0.15, 0.2) is 41.5 Å². The smallest absolute Gasteiger partial charge is 0.259 e. The third-order valence-electron chi connectivity index (χ3n) is 6.16. The quantitative estimate of drug-likeness (QED) is 0.872. The summed E-state index contributed by atoms with van der Waals surface area (Å²) in [6.07, 6.45) is 9.52. The Kier molecular flexibility index (Phi) is 5.51. The zero-order valence-corrected chi connectivity index (χ0v) is 16.8. The minimum absolute atomic E-state index is 0.0429. The summed E-state index contributed by atoms with van der Waals surface area (Å²) < 4.78 is 1.93. The Balaban J connectivity index is 1.71. The molecule has 0 radical (unpaired) electrons. The first-order valence-corrected chi connectivity index (χ1v) is 10.4. The number of pyridine rings is 1. The summed E-state index contributed by atoms with van der Waals surface area (Å²) in [5, 5.41) is 2.53. The van der Waals surface area contributed by atoms with E-state index >= 15 is 0 Å². The van der Waals surface area contributed by atoms with Gasteiger partial charge in [-0.2, -0.15) is 0 Å². The van der Waals surface area contributed by atoms with Crippen molar-refractivity contribution in [2.24, 2.45) is 0 Å². The first-order valence-electron chi connectivity index (χ1n) is 10.4. The van der Waals surface area contributed by atoms with Gasteiger partial charge in [-0.05, 0) is 30.4 Å². The minimum atomic E-state index is -0.486. The molecular formula is C23H27N3O3. The largest absolute Gasteiger partial charge is 0.355 e. The van der Waals surface area contributed by atoms with Crippen molar-refractivity contribution in [1.29, 1.82) is 0 Å². The predicted molar refractivity (Wildman–Crippen MR) is 111 cm³/mol. The molecule has 2 aromatic rings. The van der Waals surface area contributed by atoms with E-state index in [9.17, 15) is 14.4 Å². The van der Waals surface area contributed by atoms with Gasteiger partial charge in [0.2, 0.25) is 5.43 Å². The molecule has 0 atom stereocenters. The van der Waals surface area contributed by atoms with E-state index < -0.39 is 11.3 Å². The molecule has 1 aliphatic carbocycles. The van der Waals surface area contributed by atoms with Gasteiger partial charge in [0.15, 0.2) is 0 Å². The summed E-state index contributed by atoms with van der Waals surface area (Å²) in [7, 11) is 1.50. The Morgan fingerprint density at radius 3 is 2.41 bits per heavy atom. The standard InChI is InChI=1S/C23H27N3O3/c1-24-22(28)19-14-26(18-9-3-2-4-10-18)15-20(21(19)27)23(29)25-12-11-16-7-5-6-8-17(16)13-25/h5-8,14-15,18H,2-4,9-13H2,1H3,(H,24,28). The number of nitrogens with one attached hydrogen (secondary N) is 1. The molecule has 1 aromatic heterocycles. The maximum atomic E-state index is 13.3. The van der Waals surface area contributed by atoms with Gasteiger partial charge in [-0.15, -0.1) is 0 Å². The predicted octanol–water partition coefficient (Wildman–Crippen LogP) is 2.91. The van der Waals surface area contributed by atoms with E-state index in [4.69, 9.17) is 0 Å². The molecule has 0 unspecified atom stereocenters. The highest BCUT2D eigenvalue weighted by Crippen LogP contribution is 2.28. The SMILES string of the molecule is CNC(=O)c1cn(C2CCCCC2)cc(C(=O)N2CCc3ccccc3C2)c1=O. The molecule has 0 bridgehead atoms. The first kappa shape index (κ1) is 19.4. The lowest BCUT2D eigenvalue weighted by molar-refractivity contribution is 0.0732. The first-order chi connectivity index (χ1) is 14.1. The van der Waals surface area contributed by atoms with Crippen molar-refractivity contribution in [2.75, 3.05) is 13.6 Å². The van der Waals surface area contributed by atoms with Crippen LogP contribution in [0.2, 0.25) is 0 Å². The number of hydrogen-bond donors (Lipinski definition) is 1. The Hall–Kier alpha value is -2.89. The van der Waals surface area contributed by atoms with Gasteiger partial charge >= 0.3 is 0 Å². The summed E-state index contributed by atoms with van der Waals surface area (Å²) in [6, 6.07) is 8.30. The van der Waals surface area contributed by atoms with Crippen molar-refractivity contribution in [3.05, 3.63) is 69.1 Å². The molecule has 0 spiro atoms. The van der Waals surface area contributed by atoms with Crippen LogP contribution in [-0.2, 0) is 13.0 Å². The maximum absolute atomic E-state index is 13.3. The van der Waals surface area contributed by atoms with Crippen LogP contribution in [0.3, 0.4) is 0 Å². The van der Waals surface area contributed by atoms with Crippen LogP contribution < -0.4 is 10.7 Å². The van der Waals surface area contributed by atoms with Crippen LogP contribution in [0.4, 0.5) is 0 Å². The number of nitrogens with zero attached hydrogens (tertiary/aromatic N) is 2. The summed E-state index contributed by atoms with van der Waals surface area (Å²) in [6.45, 7) is 1.06. The van der Waals surface area contributed by atoms with E-state index in [-0.39, 0.29) is 23.1 Å². The zero-order chi connectivity index (χ0) is 20.4. The third kappa shape index (κ3) is 3.84. The van der Waals surface area contributed by atoms with Crippen molar-refractivity contribution in [3.8, 4) is 0 Å². The number of aromatic nitrogens is 1. The highest BCUT2D eigenvalue weighted by Gasteiger charge is 2.27. The lowest BCUT2D eigenvalue weighted by Crippen LogP contribution is -2.40. The average Bonchev–Trinajstić information content (AvgIpc) is 2.78. The molecule has 2 amide bonds. The van der Waals surface area contributed by atoms with Crippen molar-refractivity contribution < 1.29 is 9.59 Å². The van der Waals surface area contributed by atoms with Crippen molar-refractivity contribution in [3.63, 3.8) is 0 Å². The van der Waals surface area contributed by atoms with E-state index in [0.29, 0.717) is 13.1 Å². The number of rotatable bonds is 3. The second-order valence-electron chi connectivity index (χ2n) is 7.98. The molecule has 1 aliphatic heterocycles. The molecule has 0 saturated heterocycles. The number of hydrogen-bond acceptors (Lipinski definition) is 3. The number of carbonyl (C=O) groups is 2. The number of carbonyl (C=O) groups excluding carboxylic acids is 2. The van der Waals surface area contributed by atoms with Gasteiger partial charge in [-0.3, -0.25) is 14.4 Å². The maximum Gasteiger partial charge on any atom is 0.259 e. The molecule has 2 aliphatic rings. The molecule has 4 rings (SSSR count). The van der Waals surface area contributed by atoms with Gasteiger partial charge in [-0.25, -0.2) is 0 Å². The summed E-state index contributed by atoms with van der Waals surface area (Å²) >= 11 is 0. The van der Waals surface area contributed by atoms with Crippen molar-refractivity contribution >= 4 is 11.8 Å². The van der Waals surface area contributed by atoms with E-state index in [2.05, 4.69) is 11.4 Å². The highest BCUT2D eigenvalue weighted by atomic mass is 16.2. The van der Waals surface area contributed by atoms with Crippen molar-refractivity contribution in [2.45, 2.75) is 51.1 Å². The van der Waals surface area contributed by atoms with Crippen LogP contribution in [0.1, 0.15) is 70.0 Å². The molecule has 6 nitrogen and oxygen atoms in total. The zero-order valence-electron chi connectivity index (χ0n) is 16.8. The fourth-order valence-electron chi connectivity index (χ4n) is 4.48. The van der Waals surface area contributed by atoms with Gasteiger partial charge in [0, 0.05) is 38.6 Å². The second kappa shape index (κ2) is 8.23. The van der Waals surface area contributed by atoms with Crippen LogP contribution in [-0.4, -0.2) is 34.9 Å². The van der Waals surface area contributed by atoms with Crippen LogP contribution in [0.25, 0.3) is 0 Å².